The maximum absolute atomic E-state index is 2.01. The van der Waals surface area contributed by atoms with Crippen LogP contribution in [0.3, 0.4) is 0 Å². The van der Waals surface area contributed by atoms with Crippen molar-refractivity contribution < 1.29 is 56.5 Å². The Morgan fingerprint density at radius 2 is 1.20 bits per heavy atom. The standard InChI is InChI=1S/2Mo.S2.Zn/c;;1-2;/q2*+1;-2;. The zero-order valence-corrected chi connectivity index (χ0v) is 11.0. The van der Waals surface area contributed by atoms with Gasteiger partial charge in [0.15, 0.2) is 0 Å². The van der Waals surface area contributed by atoms with Crippen molar-refractivity contribution in [2.45, 2.75) is 0 Å². The molecule has 0 aliphatic carbocycles. The van der Waals surface area contributed by atoms with Gasteiger partial charge < -0.3 is 0 Å². The molecule has 0 rings (SSSR count). The summed E-state index contributed by atoms with van der Waals surface area (Å²) in [6.07, 6.45) is 0. The zero-order valence-electron chi connectivity index (χ0n) is 2.34. The van der Waals surface area contributed by atoms with E-state index in [9.17, 15) is 0 Å². The molecular formula is Mo2S2Zn. The van der Waals surface area contributed by atoms with Gasteiger partial charge in [0, 0.05) is 19.5 Å². The molecule has 0 saturated heterocycles. The van der Waals surface area contributed by atoms with Crippen LogP contribution >= 0.6 is 17.0 Å². The minimum atomic E-state index is 0. The van der Waals surface area contributed by atoms with Crippen molar-refractivity contribution in [3.05, 3.63) is 0 Å². The van der Waals surface area contributed by atoms with E-state index in [4.69, 9.17) is 0 Å². The Kier molecular flexibility index (Phi) is 21.0. The van der Waals surface area contributed by atoms with Crippen molar-refractivity contribution >= 4 is 17.0 Å². The largest absolute Gasteiger partial charge is 0 e. The first-order valence-corrected chi connectivity index (χ1v) is 7.42. The summed E-state index contributed by atoms with van der Waals surface area (Å²) in [7, 11) is 3.58. The van der Waals surface area contributed by atoms with Crippen molar-refractivity contribution in [2.75, 3.05) is 0 Å². The van der Waals surface area contributed by atoms with Crippen molar-refractivity contribution in [1.82, 2.24) is 0 Å². The van der Waals surface area contributed by atoms with E-state index in [1.54, 1.807) is 17.0 Å². The molecular weight excluding hydrogens is 321 g/mol. The Bertz CT molecular complexity index is 9.61. The summed E-state index contributed by atoms with van der Waals surface area (Å²) in [5.41, 5.74) is 0. The van der Waals surface area contributed by atoms with E-state index in [-0.39, 0.29) is 19.5 Å². The van der Waals surface area contributed by atoms with Gasteiger partial charge in [-0.25, -0.2) is 0 Å². The van der Waals surface area contributed by atoms with Crippen LogP contribution in [0.5, 0.6) is 0 Å². The average Bonchev–Trinajstić information content (AvgIpc) is 1.37. The number of hydrogen-bond donors (Lipinski definition) is 0. The molecule has 0 amide bonds. The fourth-order valence-electron chi connectivity index (χ4n) is 0. The van der Waals surface area contributed by atoms with Gasteiger partial charge in [0.2, 0.25) is 0 Å². The second-order valence-corrected chi connectivity index (χ2v) is 7.25. The Balaban J connectivity index is 0. The molecule has 0 N–H and O–H groups in total. The van der Waals surface area contributed by atoms with Crippen LogP contribution in [0.4, 0.5) is 0 Å². The van der Waals surface area contributed by atoms with E-state index in [1.807, 2.05) is 37.1 Å². The Morgan fingerprint density at radius 3 is 1.20 bits per heavy atom. The monoisotopic (exact) mass is 324 g/mol. The van der Waals surface area contributed by atoms with Crippen molar-refractivity contribution in [2.24, 2.45) is 0 Å². The van der Waals surface area contributed by atoms with E-state index in [0.29, 0.717) is 0 Å². The topological polar surface area (TPSA) is 0 Å². The Hall–Kier alpha value is 2.70. The summed E-state index contributed by atoms with van der Waals surface area (Å²) < 4.78 is 0. The first-order valence-electron chi connectivity index (χ1n) is 0.500. The number of hydrogen-bond acceptors (Lipinski definition) is 2. The Morgan fingerprint density at radius 1 is 1.00 bits per heavy atom. The normalized spacial score (nSPS) is 5.60. The van der Waals surface area contributed by atoms with E-state index >= 15 is 0 Å². The predicted octanol–water partition coefficient (Wildman–Crippen LogP) is 1.29. The molecule has 0 aromatic carbocycles. The third-order valence-electron chi connectivity index (χ3n) is 0.0278. The predicted molar refractivity (Wildman–Crippen MR) is 15.2 cm³/mol. The molecule has 5 heavy (non-hydrogen) atoms. The first-order chi connectivity index (χ1) is 1.91. The van der Waals surface area contributed by atoms with E-state index in [0.717, 1.165) is 0 Å². The summed E-state index contributed by atoms with van der Waals surface area (Å²) in [6.45, 7) is 0. The van der Waals surface area contributed by atoms with Gasteiger partial charge in [-0.1, -0.05) is 0 Å². The van der Waals surface area contributed by atoms with Crippen LogP contribution in [-0.4, -0.2) is 0 Å². The van der Waals surface area contributed by atoms with Gasteiger partial charge in [0.05, 0.1) is 0 Å². The number of rotatable bonds is 1. The molecule has 0 saturated carbocycles. The van der Waals surface area contributed by atoms with Crippen LogP contribution < -0.4 is 0 Å². The molecule has 0 fully saturated rings. The molecule has 0 bridgehead atoms. The van der Waals surface area contributed by atoms with Crippen LogP contribution in [0.25, 0.3) is 0 Å². The quantitative estimate of drug-likeness (QED) is 0.527. The van der Waals surface area contributed by atoms with Gasteiger partial charge in [-0.05, 0) is 0 Å². The van der Waals surface area contributed by atoms with Crippen LogP contribution in [0.15, 0.2) is 0 Å². The second kappa shape index (κ2) is 9.85. The summed E-state index contributed by atoms with van der Waals surface area (Å²) in [5.74, 6) is 0. The first kappa shape index (κ1) is 10.6. The molecule has 0 nitrogen and oxygen atoms in total. The zero-order chi connectivity index (χ0) is 3.41. The Labute approximate surface area is 72.4 Å². The molecule has 0 aromatic rings. The van der Waals surface area contributed by atoms with Crippen LogP contribution in [-0.2, 0) is 56.5 Å². The molecule has 0 aliphatic heterocycles. The fourth-order valence-corrected chi connectivity index (χ4v) is 0. The molecule has 0 atom stereocenters. The average molecular weight is 321 g/mol. The van der Waals surface area contributed by atoms with Gasteiger partial charge in [-0.3, -0.25) is 0 Å². The van der Waals surface area contributed by atoms with Gasteiger partial charge in [-0.2, -0.15) is 0 Å². The second-order valence-electron chi connectivity index (χ2n) is 0.136. The van der Waals surface area contributed by atoms with Crippen molar-refractivity contribution in [3.8, 4) is 0 Å². The van der Waals surface area contributed by atoms with E-state index in [2.05, 4.69) is 0 Å². The summed E-state index contributed by atoms with van der Waals surface area (Å²) in [5, 5.41) is 0. The maximum Gasteiger partial charge on any atom is 0 e. The van der Waals surface area contributed by atoms with Crippen LogP contribution in [0.2, 0.25) is 0 Å². The van der Waals surface area contributed by atoms with Crippen LogP contribution in [0.1, 0.15) is 0 Å². The maximum atomic E-state index is 2.01. The fraction of sp³-hybridized carbons (Fsp3) is 0. The van der Waals surface area contributed by atoms with Crippen molar-refractivity contribution in [3.63, 3.8) is 0 Å². The summed E-state index contributed by atoms with van der Waals surface area (Å²) in [6, 6.07) is 0. The molecule has 0 radical (unpaired) electrons. The minimum Gasteiger partial charge on any atom is 0 e. The van der Waals surface area contributed by atoms with E-state index in [1.165, 1.54) is 0 Å². The van der Waals surface area contributed by atoms with Gasteiger partial charge in [0.1, 0.15) is 0 Å². The van der Waals surface area contributed by atoms with Gasteiger partial charge in [-0.15, -0.1) is 0 Å². The van der Waals surface area contributed by atoms with Crippen molar-refractivity contribution in [1.29, 1.82) is 0 Å². The SMILES string of the molecule is [Mo][S][S][Mo].[Zn]. The molecule has 0 spiro atoms. The molecule has 0 aromatic heterocycles. The molecule has 0 aliphatic rings. The molecule has 5 heteroatoms. The summed E-state index contributed by atoms with van der Waals surface area (Å²) in [4.78, 5) is 0. The van der Waals surface area contributed by atoms with Crippen LogP contribution in [0, 0.1) is 0 Å². The van der Waals surface area contributed by atoms with E-state index < -0.39 is 0 Å². The minimum absolute atomic E-state index is 0. The third-order valence-corrected chi connectivity index (χ3v) is 8.75. The van der Waals surface area contributed by atoms with Gasteiger partial charge in [0.25, 0.3) is 0 Å². The smallest absolute Gasteiger partial charge is 0 e. The van der Waals surface area contributed by atoms with Gasteiger partial charge >= 0.3 is 54.1 Å². The third kappa shape index (κ3) is 10.8. The molecule has 0 heterocycles. The molecule has 26 valence electrons. The summed E-state index contributed by atoms with van der Waals surface area (Å²) >= 11 is 4.01. The molecule has 0 unspecified atom stereocenters.